The van der Waals surface area contributed by atoms with Crippen LogP contribution in [0.4, 0.5) is 0 Å². The smallest absolute Gasteiger partial charge is 0.239 e. The molecule has 24 heavy (non-hydrogen) atoms. The van der Waals surface area contributed by atoms with Crippen molar-refractivity contribution in [1.29, 1.82) is 0 Å². The minimum absolute atomic E-state index is 0.0457. The van der Waals surface area contributed by atoms with Gasteiger partial charge in [-0.3, -0.25) is 4.79 Å². The number of hydrogen-bond acceptors (Lipinski definition) is 6. The average molecular weight is 340 g/mol. The van der Waals surface area contributed by atoms with Crippen LogP contribution in [0.1, 0.15) is 29.5 Å². The number of rotatable bonds is 4. The highest BCUT2D eigenvalue weighted by Crippen LogP contribution is 2.30. The van der Waals surface area contributed by atoms with Crippen LogP contribution in [0, 0.1) is 6.92 Å². The Kier molecular flexibility index (Phi) is 3.86. The molecular weight excluding hydrogens is 324 g/mol. The molecule has 1 aliphatic heterocycles. The van der Waals surface area contributed by atoms with Crippen molar-refractivity contribution in [3.8, 4) is 10.8 Å². The molecule has 1 aromatic carbocycles. The van der Waals surface area contributed by atoms with Gasteiger partial charge in [0.1, 0.15) is 5.92 Å². The molecule has 0 spiro atoms. The Bertz CT molecular complexity index is 858. The number of aromatic nitrogens is 3. The first-order valence-electron chi connectivity index (χ1n) is 7.79. The molecule has 3 heterocycles. The molecule has 4 rings (SSSR count). The summed E-state index contributed by atoms with van der Waals surface area (Å²) in [5.41, 5.74) is 2.04. The van der Waals surface area contributed by atoms with E-state index in [1.165, 1.54) is 11.3 Å². The Morgan fingerprint density at radius 2 is 2.12 bits per heavy atom. The second kappa shape index (κ2) is 6.16. The maximum absolute atomic E-state index is 12.6. The first-order valence-corrected chi connectivity index (χ1v) is 8.67. The SMILES string of the molecule is Cc1csc(-c2noc(C3CCN(Cc4ccccc4)C3=O)n2)n1. The lowest BCUT2D eigenvalue weighted by molar-refractivity contribution is -0.129. The normalized spacial score (nSPS) is 17.6. The Morgan fingerprint density at radius 1 is 1.29 bits per heavy atom. The second-order valence-electron chi connectivity index (χ2n) is 5.84. The minimum Gasteiger partial charge on any atom is -0.338 e. The van der Waals surface area contributed by atoms with Crippen LogP contribution in [-0.2, 0) is 11.3 Å². The van der Waals surface area contributed by atoms with Crippen LogP contribution in [-0.4, -0.2) is 32.5 Å². The fraction of sp³-hybridized carbons (Fsp3) is 0.294. The minimum atomic E-state index is -0.351. The average Bonchev–Trinajstić information content (AvgIpc) is 3.30. The fourth-order valence-corrected chi connectivity index (χ4v) is 3.57. The maximum atomic E-state index is 12.6. The van der Waals surface area contributed by atoms with Crippen molar-refractivity contribution in [3.63, 3.8) is 0 Å². The van der Waals surface area contributed by atoms with E-state index in [0.29, 0.717) is 36.2 Å². The first kappa shape index (κ1) is 15.0. The van der Waals surface area contributed by atoms with Gasteiger partial charge in [-0.25, -0.2) is 4.98 Å². The Balaban J connectivity index is 1.49. The number of nitrogens with zero attached hydrogens (tertiary/aromatic N) is 4. The van der Waals surface area contributed by atoms with E-state index in [2.05, 4.69) is 15.1 Å². The molecule has 1 aliphatic rings. The molecule has 0 radical (unpaired) electrons. The van der Waals surface area contributed by atoms with Crippen molar-refractivity contribution in [2.24, 2.45) is 0 Å². The van der Waals surface area contributed by atoms with E-state index in [1.54, 1.807) is 0 Å². The lowest BCUT2D eigenvalue weighted by Gasteiger charge is -2.15. The van der Waals surface area contributed by atoms with Crippen LogP contribution in [0.25, 0.3) is 10.8 Å². The zero-order valence-electron chi connectivity index (χ0n) is 13.2. The molecule has 3 aromatic rings. The summed E-state index contributed by atoms with van der Waals surface area (Å²) < 4.78 is 5.34. The molecule has 1 atom stereocenters. The molecule has 0 bridgehead atoms. The predicted octanol–water partition coefficient (Wildman–Crippen LogP) is 3.02. The van der Waals surface area contributed by atoms with E-state index >= 15 is 0 Å². The summed E-state index contributed by atoms with van der Waals surface area (Å²) in [5.74, 6) is 0.538. The number of benzene rings is 1. The molecule has 122 valence electrons. The quantitative estimate of drug-likeness (QED) is 0.730. The van der Waals surface area contributed by atoms with Crippen LogP contribution in [0.3, 0.4) is 0 Å². The molecule has 2 aromatic heterocycles. The van der Waals surface area contributed by atoms with E-state index in [9.17, 15) is 4.79 Å². The van der Waals surface area contributed by atoms with Crippen LogP contribution in [0.5, 0.6) is 0 Å². The van der Waals surface area contributed by atoms with Gasteiger partial charge in [-0.05, 0) is 18.9 Å². The summed E-state index contributed by atoms with van der Waals surface area (Å²) in [7, 11) is 0. The van der Waals surface area contributed by atoms with Gasteiger partial charge in [0.25, 0.3) is 0 Å². The summed E-state index contributed by atoms with van der Waals surface area (Å²) in [4.78, 5) is 23.2. The molecule has 1 amide bonds. The summed E-state index contributed by atoms with van der Waals surface area (Å²) in [6.07, 6.45) is 0.699. The van der Waals surface area contributed by atoms with Gasteiger partial charge in [-0.1, -0.05) is 35.5 Å². The van der Waals surface area contributed by atoms with Crippen molar-refractivity contribution in [3.05, 3.63) is 52.9 Å². The number of amides is 1. The highest BCUT2D eigenvalue weighted by atomic mass is 32.1. The number of hydrogen-bond donors (Lipinski definition) is 0. The van der Waals surface area contributed by atoms with Crippen LogP contribution < -0.4 is 0 Å². The van der Waals surface area contributed by atoms with Crippen LogP contribution in [0.2, 0.25) is 0 Å². The molecule has 1 unspecified atom stereocenters. The Morgan fingerprint density at radius 3 is 2.88 bits per heavy atom. The first-order chi connectivity index (χ1) is 11.7. The number of carbonyl (C=O) groups is 1. The number of carbonyl (C=O) groups excluding carboxylic acids is 1. The lowest BCUT2D eigenvalue weighted by Crippen LogP contribution is -2.26. The van der Waals surface area contributed by atoms with Gasteiger partial charge in [-0.15, -0.1) is 11.3 Å². The van der Waals surface area contributed by atoms with Crippen molar-refractivity contribution in [2.75, 3.05) is 6.54 Å². The summed E-state index contributed by atoms with van der Waals surface area (Å²) in [6.45, 7) is 3.23. The third kappa shape index (κ3) is 2.82. The fourth-order valence-electron chi connectivity index (χ4n) is 2.85. The van der Waals surface area contributed by atoms with E-state index in [1.807, 2.05) is 47.5 Å². The predicted molar refractivity (Wildman–Crippen MR) is 89.4 cm³/mol. The second-order valence-corrected chi connectivity index (χ2v) is 6.70. The van der Waals surface area contributed by atoms with E-state index in [0.717, 1.165) is 11.3 Å². The summed E-state index contributed by atoms with van der Waals surface area (Å²) >= 11 is 1.47. The molecule has 7 heteroatoms. The third-order valence-electron chi connectivity index (χ3n) is 4.06. The van der Waals surface area contributed by atoms with E-state index < -0.39 is 0 Å². The van der Waals surface area contributed by atoms with Gasteiger partial charge < -0.3 is 9.42 Å². The highest BCUT2D eigenvalue weighted by molar-refractivity contribution is 7.13. The van der Waals surface area contributed by atoms with E-state index in [4.69, 9.17) is 4.52 Å². The van der Waals surface area contributed by atoms with Gasteiger partial charge in [0.2, 0.25) is 17.6 Å². The van der Waals surface area contributed by atoms with E-state index in [-0.39, 0.29) is 11.8 Å². The van der Waals surface area contributed by atoms with Crippen molar-refractivity contribution >= 4 is 17.2 Å². The zero-order chi connectivity index (χ0) is 16.5. The van der Waals surface area contributed by atoms with Crippen molar-refractivity contribution in [2.45, 2.75) is 25.8 Å². The summed E-state index contributed by atoms with van der Waals surface area (Å²) in [6, 6.07) is 9.98. The van der Waals surface area contributed by atoms with Crippen molar-refractivity contribution < 1.29 is 9.32 Å². The van der Waals surface area contributed by atoms with Crippen LogP contribution >= 0.6 is 11.3 Å². The Hall–Kier alpha value is -2.54. The monoisotopic (exact) mass is 340 g/mol. The molecule has 1 saturated heterocycles. The molecule has 1 fully saturated rings. The molecule has 0 saturated carbocycles. The molecule has 6 nitrogen and oxygen atoms in total. The maximum Gasteiger partial charge on any atom is 0.239 e. The van der Waals surface area contributed by atoms with Crippen molar-refractivity contribution in [1.82, 2.24) is 20.0 Å². The van der Waals surface area contributed by atoms with Gasteiger partial charge >= 0.3 is 0 Å². The number of likely N-dealkylation sites (tertiary alicyclic amines) is 1. The van der Waals surface area contributed by atoms with Gasteiger partial charge in [-0.2, -0.15) is 4.98 Å². The van der Waals surface area contributed by atoms with Gasteiger partial charge in [0.05, 0.1) is 0 Å². The number of thiazole rings is 1. The van der Waals surface area contributed by atoms with Gasteiger partial charge in [0, 0.05) is 24.2 Å². The summed E-state index contributed by atoms with van der Waals surface area (Å²) in [5, 5.41) is 6.63. The topological polar surface area (TPSA) is 72.1 Å². The molecule has 0 aliphatic carbocycles. The molecule has 0 N–H and O–H groups in total. The van der Waals surface area contributed by atoms with Crippen LogP contribution in [0.15, 0.2) is 40.2 Å². The largest absolute Gasteiger partial charge is 0.338 e. The molecular formula is C17H16N4O2S. The standard InChI is InChI=1S/C17H16N4O2S/c1-11-10-24-16(18-11)14-19-15(23-20-14)13-7-8-21(17(13)22)9-12-5-3-2-4-6-12/h2-6,10,13H,7-9H2,1H3. The zero-order valence-corrected chi connectivity index (χ0v) is 14.0. The lowest BCUT2D eigenvalue weighted by atomic mass is 10.1. The van der Waals surface area contributed by atoms with Gasteiger partial charge in [0.15, 0.2) is 5.01 Å². The Labute approximate surface area is 143 Å². The highest BCUT2D eigenvalue weighted by Gasteiger charge is 2.36. The third-order valence-corrected chi connectivity index (χ3v) is 5.02. The number of aryl methyl sites for hydroxylation is 1.